The van der Waals surface area contributed by atoms with Gasteiger partial charge < -0.3 is 9.30 Å². The van der Waals surface area contributed by atoms with Crippen LogP contribution in [0.15, 0.2) is 52.3 Å². The minimum absolute atomic E-state index is 0.0674. The van der Waals surface area contributed by atoms with Gasteiger partial charge in [-0.15, -0.1) is 0 Å². The Labute approximate surface area is 156 Å². The van der Waals surface area contributed by atoms with Gasteiger partial charge in [0.1, 0.15) is 5.75 Å². The standard InChI is InChI=1S/C19H22BrN3O2/c20-16-6-8-18(9-7-16)25-14-19(24)22-21-12-15-10-11-23(13-15)17-4-2-1-3-5-17/h6-13,17H,1-5,14H2,(H,22,24)/b21-12-. The first kappa shape index (κ1) is 17.7. The van der Waals surface area contributed by atoms with Crippen LogP contribution in [0, 0.1) is 0 Å². The Morgan fingerprint density at radius 1 is 1.24 bits per heavy atom. The molecule has 0 aliphatic heterocycles. The van der Waals surface area contributed by atoms with Crippen LogP contribution >= 0.6 is 15.9 Å². The second-order valence-corrected chi connectivity index (χ2v) is 7.14. The minimum Gasteiger partial charge on any atom is -0.484 e. The number of hydrogen-bond donors (Lipinski definition) is 1. The number of carbonyl (C=O) groups excluding carboxylic acids is 1. The first-order valence-corrected chi connectivity index (χ1v) is 9.38. The Kier molecular flexibility index (Phi) is 6.28. The van der Waals surface area contributed by atoms with Crippen LogP contribution in [0.2, 0.25) is 0 Å². The number of amides is 1. The molecule has 3 rings (SSSR count). The molecule has 132 valence electrons. The van der Waals surface area contributed by atoms with Crippen molar-refractivity contribution in [2.75, 3.05) is 6.61 Å². The summed E-state index contributed by atoms with van der Waals surface area (Å²) in [6.07, 6.45) is 12.3. The first-order chi connectivity index (χ1) is 12.2. The second kappa shape index (κ2) is 8.85. The van der Waals surface area contributed by atoms with Gasteiger partial charge in [-0.25, -0.2) is 5.43 Å². The highest BCUT2D eigenvalue weighted by Gasteiger charge is 2.14. The van der Waals surface area contributed by atoms with Gasteiger partial charge in [-0.05, 0) is 43.2 Å². The third kappa shape index (κ3) is 5.46. The fourth-order valence-corrected chi connectivity index (χ4v) is 3.27. The van der Waals surface area contributed by atoms with Crippen LogP contribution in [0.3, 0.4) is 0 Å². The van der Waals surface area contributed by atoms with E-state index >= 15 is 0 Å². The summed E-state index contributed by atoms with van der Waals surface area (Å²) in [6.45, 7) is -0.0674. The Hall–Kier alpha value is -2.08. The highest BCUT2D eigenvalue weighted by molar-refractivity contribution is 9.10. The van der Waals surface area contributed by atoms with E-state index in [1.165, 1.54) is 32.1 Å². The summed E-state index contributed by atoms with van der Waals surface area (Å²) in [5.74, 6) is 0.359. The monoisotopic (exact) mass is 403 g/mol. The van der Waals surface area contributed by atoms with Crippen molar-refractivity contribution in [2.24, 2.45) is 5.10 Å². The molecule has 5 nitrogen and oxygen atoms in total. The zero-order valence-electron chi connectivity index (χ0n) is 14.0. The minimum atomic E-state index is -0.286. The molecule has 1 saturated carbocycles. The molecule has 0 bridgehead atoms. The largest absolute Gasteiger partial charge is 0.484 e. The third-order valence-electron chi connectivity index (χ3n) is 4.32. The number of benzene rings is 1. The third-order valence-corrected chi connectivity index (χ3v) is 4.85. The lowest BCUT2D eigenvalue weighted by Crippen LogP contribution is -2.24. The quantitative estimate of drug-likeness (QED) is 0.577. The molecule has 1 aliphatic rings. The lowest BCUT2D eigenvalue weighted by atomic mass is 9.95. The van der Waals surface area contributed by atoms with E-state index in [0.29, 0.717) is 11.8 Å². The van der Waals surface area contributed by atoms with Crippen molar-refractivity contribution in [3.05, 3.63) is 52.8 Å². The van der Waals surface area contributed by atoms with Crippen molar-refractivity contribution in [3.63, 3.8) is 0 Å². The van der Waals surface area contributed by atoms with E-state index in [2.05, 4.69) is 43.4 Å². The van der Waals surface area contributed by atoms with Crippen molar-refractivity contribution in [3.8, 4) is 5.75 Å². The molecule has 0 radical (unpaired) electrons. The highest BCUT2D eigenvalue weighted by atomic mass is 79.9. The molecule has 2 aromatic rings. The van der Waals surface area contributed by atoms with Crippen LogP contribution in [-0.2, 0) is 4.79 Å². The van der Waals surface area contributed by atoms with E-state index in [-0.39, 0.29) is 12.5 Å². The molecule has 1 aromatic heterocycles. The van der Waals surface area contributed by atoms with E-state index in [1.54, 1.807) is 18.3 Å². The summed E-state index contributed by atoms with van der Waals surface area (Å²) >= 11 is 3.35. The summed E-state index contributed by atoms with van der Waals surface area (Å²) in [5, 5.41) is 4.00. The SMILES string of the molecule is O=C(COc1ccc(Br)cc1)N/N=C\c1ccn(C2CCCCC2)c1. The van der Waals surface area contributed by atoms with E-state index < -0.39 is 0 Å². The summed E-state index contributed by atoms with van der Waals surface area (Å²) in [7, 11) is 0. The van der Waals surface area contributed by atoms with Gasteiger partial charge in [-0.1, -0.05) is 35.2 Å². The molecule has 1 heterocycles. The van der Waals surface area contributed by atoms with E-state index in [0.717, 1.165) is 10.0 Å². The Bertz CT molecular complexity index is 719. The van der Waals surface area contributed by atoms with Crippen LogP contribution < -0.4 is 10.2 Å². The van der Waals surface area contributed by atoms with Gasteiger partial charge in [0, 0.05) is 28.5 Å². The zero-order chi connectivity index (χ0) is 17.5. The second-order valence-electron chi connectivity index (χ2n) is 6.22. The maximum Gasteiger partial charge on any atom is 0.277 e. The van der Waals surface area contributed by atoms with Gasteiger partial charge in [-0.3, -0.25) is 4.79 Å². The lowest BCUT2D eigenvalue weighted by molar-refractivity contribution is -0.123. The lowest BCUT2D eigenvalue weighted by Gasteiger charge is -2.23. The number of halogens is 1. The van der Waals surface area contributed by atoms with Crippen molar-refractivity contribution in [1.29, 1.82) is 0 Å². The van der Waals surface area contributed by atoms with Crippen LogP contribution in [0.4, 0.5) is 0 Å². The molecular formula is C19H22BrN3O2. The Morgan fingerprint density at radius 3 is 2.76 bits per heavy atom. The normalized spacial score (nSPS) is 15.4. The van der Waals surface area contributed by atoms with Gasteiger partial charge in [0.15, 0.2) is 6.61 Å². The number of rotatable bonds is 6. The summed E-state index contributed by atoms with van der Waals surface area (Å²) in [4.78, 5) is 11.8. The highest BCUT2D eigenvalue weighted by Crippen LogP contribution is 2.28. The topological polar surface area (TPSA) is 55.6 Å². The maximum atomic E-state index is 11.8. The molecule has 25 heavy (non-hydrogen) atoms. The average Bonchev–Trinajstić information content (AvgIpc) is 3.11. The summed E-state index contributed by atoms with van der Waals surface area (Å²) < 4.78 is 8.63. The summed E-state index contributed by atoms with van der Waals surface area (Å²) in [5.41, 5.74) is 3.47. The van der Waals surface area contributed by atoms with Crippen LogP contribution in [0.5, 0.6) is 5.75 Å². The molecule has 0 unspecified atom stereocenters. The fraction of sp³-hybridized carbons (Fsp3) is 0.368. The van der Waals surface area contributed by atoms with Crippen LogP contribution in [0.1, 0.15) is 43.7 Å². The van der Waals surface area contributed by atoms with Gasteiger partial charge in [0.05, 0.1) is 6.21 Å². The number of hydrazone groups is 1. The van der Waals surface area contributed by atoms with Gasteiger partial charge in [-0.2, -0.15) is 5.10 Å². The fourth-order valence-electron chi connectivity index (χ4n) is 3.00. The van der Waals surface area contributed by atoms with E-state index in [1.807, 2.05) is 18.2 Å². The molecule has 6 heteroatoms. The van der Waals surface area contributed by atoms with Crippen molar-refractivity contribution in [1.82, 2.24) is 9.99 Å². The maximum absolute atomic E-state index is 11.8. The van der Waals surface area contributed by atoms with Crippen LogP contribution in [-0.4, -0.2) is 23.3 Å². The number of nitrogens with zero attached hydrogens (tertiary/aromatic N) is 2. The molecule has 1 aliphatic carbocycles. The van der Waals surface area contributed by atoms with Crippen molar-refractivity contribution in [2.45, 2.75) is 38.1 Å². The van der Waals surface area contributed by atoms with E-state index in [4.69, 9.17) is 4.74 Å². The molecule has 1 N–H and O–H groups in total. The Morgan fingerprint density at radius 2 is 2.00 bits per heavy atom. The number of nitrogens with one attached hydrogen (secondary N) is 1. The summed E-state index contributed by atoms with van der Waals surface area (Å²) in [6, 6.07) is 9.95. The van der Waals surface area contributed by atoms with Crippen LogP contribution in [0.25, 0.3) is 0 Å². The number of hydrogen-bond acceptors (Lipinski definition) is 3. The van der Waals surface area contributed by atoms with Gasteiger partial charge in [0.2, 0.25) is 0 Å². The zero-order valence-corrected chi connectivity index (χ0v) is 15.6. The molecule has 1 aromatic carbocycles. The molecule has 0 atom stereocenters. The van der Waals surface area contributed by atoms with Crippen molar-refractivity contribution < 1.29 is 9.53 Å². The van der Waals surface area contributed by atoms with Crippen molar-refractivity contribution >= 4 is 28.1 Å². The number of ether oxygens (including phenoxy) is 1. The van der Waals surface area contributed by atoms with E-state index in [9.17, 15) is 4.79 Å². The number of carbonyl (C=O) groups is 1. The van der Waals surface area contributed by atoms with Gasteiger partial charge in [0.25, 0.3) is 5.91 Å². The molecule has 0 saturated heterocycles. The predicted octanol–water partition coefficient (Wildman–Crippen LogP) is 4.28. The van der Waals surface area contributed by atoms with Gasteiger partial charge >= 0.3 is 0 Å². The molecule has 1 amide bonds. The average molecular weight is 404 g/mol. The molecular weight excluding hydrogens is 382 g/mol. The Balaban J connectivity index is 1.43. The number of aromatic nitrogens is 1. The molecule has 1 fully saturated rings. The first-order valence-electron chi connectivity index (χ1n) is 8.58. The smallest absolute Gasteiger partial charge is 0.277 e. The molecule has 0 spiro atoms. The predicted molar refractivity (Wildman–Crippen MR) is 102 cm³/mol.